The van der Waals surface area contributed by atoms with Crippen LogP contribution < -0.4 is 10.6 Å². The number of nitrogens with one attached hydrogen (secondary N) is 3. The van der Waals surface area contributed by atoms with Gasteiger partial charge in [-0.15, -0.1) is 0 Å². The molecule has 1 aromatic heterocycles. The van der Waals surface area contributed by atoms with Gasteiger partial charge in [-0.25, -0.2) is 4.39 Å². The second-order valence-corrected chi connectivity index (χ2v) is 8.70. The van der Waals surface area contributed by atoms with E-state index in [1.54, 1.807) is 18.2 Å². The normalized spacial score (nSPS) is 18.7. The number of aromatic nitrogens is 3. The van der Waals surface area contributed by atoms with Crippen LogP contribution >= 0.6 is 11.6 Å². The number of aliphatic carboxylic acids is 1. The van der Waals surface area contributed by atoms with Crippen molar-refractivity contribution in [2.45, 2.75) is 25.3 Å². The molecule has 2 atom stereocenters. The molecule has 1 aliphatic heterocycles. The Morgan fingerprint density at radius 1 is 1.24 bits per heavy atom. The molecule has 0 radical (unpaired) electrons. The number of halogens is 2. The molecule has 1 saturated heterocycles. The molecule has 3 aromatic rings. The van der Waals surface area contributed by atoms with Crippen molar-refractivity contribution >= 4 is 23.5 Å². The maximum atomic E-state index is 14.2. The monoisotopic (exact) mass is 471 g/mol. The molecule has 4 rings (SSSR count). The Hall–Kier alpha value is -3.30. The quantitative estimate of drug-likeness (QED) is 0.401. The molecule has 10 heteroatoms. The van der Waals surface area contributed by atoms with Crippen LogP contribution in [0.3, 0.4) is 0 Å². The summed E-state index contributed by atoms with van der Waals surface area (Å²) >= 11 is 6.01. The van der Waals surface area contributed by atoms with Crippen molar-refractivity contribution < 1.29 is 19.1 Å². The van der Waals surface area contributed by atoms with Crippen LogP contribution in [-0.4, -0.2) is 51.5 Å². The highest BCUT2D eigenvalue weighted by molar-refractivity contribution is 6.30. The van der Waals surface area contributed by atoms with Crippen LogP contribution in [0.1, 0.15) is 28.9 Å². The highest BCUT2D eigenvalue weighted by atomic mass is 35.5. The van der Waals surface area contributed by atoms with Gasteiger partial charge < -0.3 is 15.7 Å². The van der Waals surface area contributed by atoms with Crippen LogP contribution in [0.5, 0.6) is 0 Å². The first-order valence-corrected chi connectivity index (χ1v) is 10.9. The van der Waals surface area contributed by atoms with Crippen LogP contribution in [0.15, 0.2) is 48.7 Å². The van der Waals surface area contributed by atoms with Gasteiger partial charge in [-0.3, -0.25) is 9.59 Å². The molecule has 33 heavy (non-hydrogen) atoms. The fourth-order valence-corrected chi connectivity index (χ4v) is 4.40. The number of rotatable bonds is 8. The number of H-pyrrole nitrogens is 1. The Balaban J connectivity index is 1.55. The predicted molar refractivity (Wildman–Crippen MR) is 120 cm³/mol. The zero-order valence-corrected chi connectivity index (χ0v) is 18.4. The Kier molecular flexibility index (Phi) is 6.71. The number of carbonyl (C=O) groups excluding carboxylic acids is 1. The lowest BCUT2D eigenvalue weighted by atomic mass is 9.79. The van der Waals surface area contributed by atoms with Crippen LogP contribution in [-0.2, 0) is 11.2 Å². The zero-order valence-electron chi connectivity index (χ0n) is 17.6. The third-order valence-electron chi connectivity index (χ3n) is 5.99. The minimum Gasteiger partial charge on any atom is -0.481 e. The third kappa shape index (κ3) is 5.20. The van der Waals surface area contributed by atoms with E-state index in [1.165, 1.54) is 18.3 Å². The molecule has 1 amide bonds. The lowest BCUT2D eigenvalue weighted by molar-refractivity contribution is -0.148. The largest absolute Gasteiger partial charge is 0.481 e. The molecule has 2 unspecified atom stereocenters. The number of amides is 1. The molecule has 2 heterocycles. The molecule has 0 saturated carbocycles. The van der Waals surface area contributed by atoms with Gasteiger partial charge in [0.15, 0.2) is 5.69 Å². The van der Waals surface area contributed by atoms with Gasteiger partial charge in [0.25, 0.3) is 5.91 Å². The molecule has 0 spiro atoms. The summed E-state index contributed by atoms with van der Waals surface area (Å²) in [5, 5.41) is 26.2. The fraction of sp³-hybridized carbons (Fsp3) is 0.304. The fourth-order valence-electron chi connectivity index (χ4n) is 4.23. The van der Waals surface area contributed by atoms with E-state index in [4.69, 9.17) is 11.6 Å². The Morgan fingerprint density at radius 3 is 2.67 bits per heavy atom. The van der Waals surface area contributed by atoms with Gasteiger partial charge in [-0.1, -0.05) is 35.9 Å². The summed E-state index contributed by atoms with van der Waals surface area (Å²) in [7, 11) is 0. The van der Waals surface area contributed by atoms with Crippen molar-refractivity contribution in [1.29, 1.82) is 0 Å². The summed E-state index contributed by atoms with van der Waals surface area (Å²) < 4.78 is 14.2. The molecule has 2 aromatic carbocycles. The van der Waals surface area contributed by atoms with Crippen LogP contribution in [0, 0.1) is 11.2 Å². The lowest BCUT2D eigenvalue weighted by Gasteiger charge is -2.29. The summed E-state index contributed by atoms with van der Waals surface area (Å²) in [4.78, 5) is 24.7. The first kappa shape index (κ1) is 22.9. The number of hydrogen-bond donors (Lipinski definition) is 4. The maximum Gasteiger partial charge on any atom is 0.311 e. The summed E-state index contributed by atoms with van der Waals surface area (Å²) in [5.41, 5.74) is 1.10. The SMILES string of the molecule is O=C(NC(Cc1ccc(-c2cc(Cl)ccc2F)cc1)CC1(C(=O)O)CCNC1)c1cn[nH]n1. The summed E-state index contributed by atoms with van der Waals surface area (Å²) in [6, 6.07) is 11.2. The average molecular weight is 472 g/mol. The van der Waals surface area contributed by atoms with Gasteiger partial charge in [0, 0.05) is 23.2 Å². The molecular weight excluding hydrogens is 449 g/mol. The Bertz CT molecular complexity index is 1130. The van der Waals surface area contributed by atoms with E-state index in [0.29, 0.717) is 42.1 Å². The Labute approximate surface area is 194 Å². The summed E-state index contributed by atoms with van der Waals surface area (Å²) in [6.45, 7) is 0.946. The van der Waals surface area contributed by atoms with E-state index in [2.05, 4.69) is 26.0 Å². The average Bonchev–Trinajstić information content (AvgIpc) is 3.49. The van der Waals surface area contributed by atoms with Gasteiger partial charge in [0.2, 0.25) is 0 Å². The van der Waals surface area contributed by atoms with Crippen molar-refractivity contribution in [3.05, 3.63) is 70.8 Å². The van der Waals surface area contributed by atoms with Gasteiger partial charge in [0.1, 0.15) is 5.82 Å². The van der Waals surface area contributed by atoms with Crippen LogP contribution in [0.4, 0.5) is 4.39 Å². The molecule has 4 N–H and O–H groups in total. The minimum atomic E-state index is -0.967. The number of benzene rings is 2. The highest BCUT2D eigenvalue weighted by Gasteiger charge is 2.43. The van der Waals surface area contributed by atoms with E-state index >= 15 is 0 Å². The Morgan fingerprint density at radius 2 is 2.03 bits per heavy atom. The maximum absolute atomic E-state index is 14.2. The molecule has 0 bridgehead atoms. The van der Waals surface area contributed by atoms with Crippen molar-refractivity contribution in [3.8, 4) is 11.1 Å². The topological polar surface area (TPSA) is 120 Å². The van der Waals surface area contributed by atoms with E-state index < -0.39 is 23.3 Å². The standard InChI is InChI=1S/C23H23ClFN5O3/c24-16-5-6-19(25)18(10-16)15-3-1-14(2-4-15)9-17(28-21(31)20-12-27-30-29-20)11-23(22(32)33)7-8-26-13-23/h1-6,10,12,17,26H,7-9,11,13H2,(H,28,31)(H,32,33)(H,27,29,30). The van der Waals surface area contributed by atoms with Crippen molar-refractivity contribution in [2.24, 2.45) is 5.41 Å². The molecule has 172 valence electrons. The number of carbonyl (C=O) groups is 2. The van der Waals surface area contributed by atoms with E-state index in [1.807, 2.05) is 12.1 Å². The number of nitrogens with zero attached hydrogens (tertiary/aromatic N) is 2. The smallest absolute Gasteiger partial charge is 0.311 e. The lowest BCUT2D eigenvalue weighted by Crippen LogP contribution is -2.44. The minimum absolute atomic E-state index is 0.126. The van der Waals surface area contributed by atoms with Crippen LogP contribution in [0.25, 0.3) is 11.1 Å². The van der Waals surface area contributed by atoms with Crippen LogP contribution in [0.2, 0.25) is 5.02 Å². The number of carboxylic acids is 1. The van der Waals surface area contributed by atoms with Gasteiger partial charge in [-0.05, 0) is 55.1 Å². The predicted octanol–water partition coefficient (Wildman–Crippen LogP) is 3.06. The second kappa shape index (κ2) is 9.68. The highest BCUT2D eigenvalue weighted by Crippen LogP contribution is 2.33. The number of hydrogen-bond acceptors (Lipinski definition) is 5. The van der Waals surface area contributed by atoms with Crippen molar-refractivity contribution in [1.82, 2.24) is 26.0 Å². The summed E-state index contributed by atoms with van der Waals surface area (Å²) in [5.74, 6) is -1.69. The molecule has 8 nitrogen and oxygen atoms in total. The first-order valence-electron chi connectivity index (χ1n) is 10.5. The number of carboxylic acid groups (broad SMARTS) is 1. The third-order valence-corrected chi connectivity index (χ3v) is 6.23. The second-order valence-electron chi connectivity index (χ2n) is 8.27. The van der Waals surface area contributed by atoms with E-state index in [-0.39, 0.29) is 17.9 Å². The first-order chi connectivity index (χ1) is 15.9. The van der Waals surface area contributed by atoms with Gasteiger partial charge in [0.05, 0.1) is 11.6 Å². The van der Waals surface area contributed by atoms with Gasteiger partial charge in [-0.2, -0.15) is 15.4 Å². The van der Waals surface area contributed by atoms with Crippen molar-refractivity contribution in [3.63, 3.8) is 0 Å². The molecule has 1 fully saturated rings. The molecule has 1 aliphatic rings. The van der Waals surface area contributed by atoms with Crippen molar-refractivity contribution in [2.75, 3.05) is 13.1 Å². The summed E-state index contributed by atoms with van der Waals surface area (Å²) in [6.07, 6.45) is 2.44. The molecule has 0 aliphatic carbocycles. The van der Waals surface area contributed by atoms with E-state index in [0.717, 1.165) is 5.56 Å². The van der Waals surface area contributed by atoms with E-state index in [9.17, 15) is 19.1 Å². The molecular formula is C23H23ClFN5O3. The zero-order chi connectivity index (χ0) is 23.4. The van der Waals surface area contributed by atoms with Gasteiger partial charge >= 0.3 is 5.97 Å². The number of aromatic amines is 1.